The Morgan fingerprint density at radius 3 is 2.13 bits per heavy atom. The number of nitrogens with zero attached hydrogens (tertiary/aromatic N) is 1. The molecule has 3 rings (SSSR count). The van der Waals surface area contributed by atoms with Crippen LogP contribution in [0.2, 0.25) is 10.0 Å². The van der Waals surface area contributed by atoms with E-state index in [-0.39, 0.29) is 18.0 Å². The van der Waals surface area contributed by atoms with Gasteiger partial charge >= 0.3 is 0 Å². The van der Waals surface area contributed by atoms with Crippen LogP contribution in [0.3, 0.4) is 0 Å². The van der Waals surface area contributed by atoms with Crippen molar-refractivity contribution in [2.45, 2.75) is 18.4 Å². The molecule has 1 amide bonds. The largest absolute Gasteiger partial charge is 0.325 e. The molecular formula is C22H20Cl2N2O3S. The molecule has 3 aromatic rings. The summed E-state index contributed by atoms with van der Waals surface area (Å²) in [5, 5.41) is 3.39. The number of rotatable bonds is 7. The minimum Gasteiger partial charge on any atom is -0.325 e. The first-order valence-electron chi connectivity index (χ1n) is 9.11. The van der Waals surface area contributed by atoms with Crippen LogP contribution in [0.5, 0.6) is 0 Å². The molecule has 1 N–H and O–H groups in total. The Morgan fingerprint density at radius 2 is 1.53 bits per heavy atom. The number of hydrogen-bond acceptors (Lipinski definition) is 3. The van der Waals surface area contributed by atoms with E-state index in [0.29, 0.717) is 15.7 Å². The number of aryl methyl sites for hydroxylation is 1. The maximum atomic E-state index is 13.2. The number of carbonyl (C=O) groups excluding carboxylic acids is 1. The van der Waals surface area contributed by atoms with Gasteiger partial charge in [0.15, 0.2) is 0 Å². The first-order valence-corrected chi connectivity index (χ1v) is 11.3. The molecular weight excluding hydrogens is 443 g/mol. The zero-order valence-electron chi connectivity index (χ0n) is 16.2. The van der Waals surface area contributed by atoms with E-state index >= 15 is 0 Å². The second-order valence-electron chi connectivity index (χ2n) is 6.78. The molecule has 0 aromatic heterocycles. The highest BCUT2D eigenvalue weighted by atomic mass is 35.5. The molecule has 0 atom stereocenters. The van der Waals surface area contributed by atoms with Crippen molar-refractivity contribution in [3.8, 4) is 0 Å². The average Bonchev–Trinajstić information content (AvgIpc) is 2.69. The lowest BCUT2D eigenvalue weighted by Gasteiger charge is -2.22. The normalized spacial score (nSPS) is 11.5. The Balaban J connectivity index is 1.86. The predicted molar refractivity (Wildman–Crippen MR) is 120 cm³/mol. The molecule has 0 radical (unpaired) electrons. The Labute approximate surface area is 186 Å². The van der Waals surface area contributed by atoms with Gasteiger partial charge in [-0.25, -0.2) is 8.42 Å². The van der Waals surface area contributed by atoms with Gasteiger partial charge in [0.2, 0.25) is 15.9 Å². The number of nitrogens with one attached hydrogen (secondary N) is 1. The van der Waals surface area contributed by atoms with Crippen molar-refractivity contribution in [3.05, 3.63) is 94.0 Å². The number of sulfonamides is 1. The van der Waals surface area contributed by atoms with Gasteiger partial charge in [0.1, 0.15) is 0 Å². The van der Waals surface area contributed by atoms with Crippen LogP contribution in [0.1, 0.15) is 11.1 Å². The number of amides is 1. The Morgan fingerprint density at radius 1 is 0.933 bits per heavy atom. The molecule has 0 bridgehead atoms. The van der Waals surface area contributed by atoms with Gasteiger partial charge in [0, 0.05) is 22.3 Å². The van der Waals surface area contributed by atoms with E-state index in [2.05, 4.69) is 5.32 Å². The van der Waals surface area contributed by atoms with Gasteiger partial charge in [-0.15, -0.1) is 0 Å². The molecule has 156 valence electrons. The first-order chi connectivity index (χ1) is 14.2. The fourth-order valence-electron chi connectivity index (χ4n) is 2.85. The molecule has 0 unspecified atom stereocenters. The number of hydrogen-bond donors (Lipinski definition) is 1. The lowest BCUT2D eigenvalue weighted by Crippen LogP contribution is -2.37. The first kappa shape index (κ1) is 22.3. The summed E-state index contributed by atoms with van der Waals surface area (Å²) in [5.74, 6) is -0.500. The molecule has 0 fully saturated rings. The average molecular weight is 463 g/mol. The highest BCUT2D eigenvalue weighted by molar-refractivity contribution is 7.89. The van der Waals surface area contributed by atoms with Crippen LogP contribution < -0.4 is 5.32 Å². The van der Waals surface area contributed by atoms with Crippen LogP contribution in [0.25, 0.3) is 0 Å². The monoisotopic (exact) mass is 462 g/mol. The van der Waals surface area contributed by atoms with Gasteiger partial charge in [-0.2, -0.15) is 4.31 Å². The lowest BCUT2D eigenvalue weighted by atomic mass is 10.1. The lowest BCUT2D eigenvalue weighted by molar-refractivity contribution is -0.116. The van der Waals surface area contributed by atoms with Crippen LogP contribution in [0.4, 0.5) is 5.69 Å². The van der Waals surface area contributed by atoms with Crippen molar-refractivity contribution in [2.75, 3.05) is 11.9 Å². The third-order valence-electron chi connectivity index (χ3n) is 4.33. The number of anilines is 1. The van der Waals surface area contributed by atoms with Crippen molar-refractivity contribution in [2.24, 2.45) is 0 Å². The van der Waals surface area contributed by atoms with Gasteiger partial charge in [-0.3, -0.25) is 4.79 Å². The zero-order valence-corrected chi connectivity index (χ0v) is 18.5. The summed E-state index contributed by atoms with van der Waals surface area (Å²) in [6.45, 7) is 1.64. The fourth-order valence-corrected chi connectivity index (χ4v) is 4.78. The number of halogens is 2. The van der Waals surface area contributed by atoms with Gasteiger partial charge in [0.05, 0.1) is 11.4 Å². The second kappa shape index (κ2) is 9.62. The van der Waals surface area contributed by atoms with Crippen molar-refractivity contribution >= 4 is 44.8 Å². The standard InChI is InChI=1S/C22H20Cl2N2O3S/c1-16-7-9-17(10-8-16)14-26(30(28,29)21-5-3-2-4-6-21)15-22(27)25-20-12-18(23)11-19(24)13-20/h2-13H,14-15H2,1H3,(H,25,27). The third-order valence-corrected chi connectivity index (χ3v) is 6.57. The molecule has 0 aliphatic carbocycles. The summed E-state index contributed by atoms with van der Waals surface area (Å²) in [6, 6.07) is 20.2. The number of carbonyl (C=O) groups is 1. The highest BCUT2D eigenvalue weighted by Gasteiger charge is 2.27. The van der Waals surface area contributed by atoms with Gasteiger partial charge in [-0.05, 0) is 42.8 Å². The summed E-state index contributed by atoms with van der Waals surface area (Å²) in [5.41, 5.74) is 2.23. The predicted octanol–water partition coefficient (Wildman–Crippen LogP) is 5.13. The van der Waals surface area contributed by atoms with Crippen molar-refractivity contribution < 1.29 is 13.2 Å². The van der Waals surface area contributed by atoms with E-state index in [0.717, 1.165) is 15.4 Å². The van der Waals surface area contributed by atoms with E-state index in [1.54, 1.807) is 36.4 Å². The zero-order chi connectivity index (χ0) is 21.7. The van der Waals surface area contributed by atoms with Crippen LogP contribution in [0, 0.1) is 6.92 Å². The molecule has 0 aliphatic rings. The molecule has 0 aliphatic heterocycles. The van der Waals surface area contributed by atoms with Crippen molar-refractivity contribution in [1.29, 1.82) is 0 Å². The molecule has 0 spiro atoms. The van der Waals surface area contributed by atoms with Crippen LogP contribution in [-0.4, -0.2) is 25.2 Å². The van der Waals surface area contributed by atoms with Crippen LogP contribution in [0.15, 0.2) is 77.7 Å². The smallest absolute Gasteiger partial charge is 0.243 e. The summed E-state index contributed by atoms with van der Waals surface area (Å²) in [7, 11) is -3.89. The van der Waals surface area contributed by atoms with Crippen molar-refractivity contribution in [3.63, 3.8) is 0 Å². The fraction of sp³-hybridized carbons (Fsp3) is 0.136. The highest BCUT2D eigenvalue weighted by Crippen LogP contribution is 2.23. The molecule has 3 aromatic carbocycles. The minimum absolute atomic E-state index is 0.0568. The van der Waals surface area contributed by atoms with E-state index in [9.17, 15) is 13.2 Å². The van der Waals surface area contributed by atoms with E-state index < -0.39 is 15.9 Å². The molecule has 0 saturated carbocycles. The summed E-state index contributed by atoms with van der Waals surface area (Å²) in [4.78, 5) is 12.8. The molecule has 0 heterocycles. The minimum atomic E-state index is -3.89. The summed E-state index contributed by atoms with van der Waals surface area (Å²) < 4.78 is 27.6. The Hall–Kier alpha value is -2.38. The topological polar surface area (TPSA) is 66.5 Å². The van der Waals surface area contributed by atoms with Gasteiger partial charge in [-0.1, -0.05) is 71.2 Å². The van der Waals surface area contributed by atoms with Gasteiger partial charge in [0.25, 0.3) is 0 Å². The maximum absolute atomic E-state index is 13.2. The quantitative estimate of drug-likeness (QED) is 0.528. The molecule has 5 nitrogen and oxygen atoms in total. The third kappa shape index (κ3) is 5.83. The Kier molecular flexibility index (Phi) is 7.15. The SMILES string of the molecule is Cc1ccc(CN(CC(=O)Nc2cc(Cl)cc(Cl)c2)S(=O)(=O)c2ccccc2)cc1. The van der Waals surface area contributed by atoms with Crippen molar-refractivity contribution in [1.82, 2.24) is 4.31 Å². The maximum Gasteiger partial charge on any atom is 0.243 e. The van der Waals surface area contributed by atoms with Crippen LogP contribution >= 0.6 is 23.2 Å². The molecule has 30 heavy (non-hydrogen) atoms. The molecule has 8 heteroatoms. The summed E-state index contributed by atoms with van der Waals surface area (Å²) >= 11 is 11.9. The van der Waals surface area contributed by atoms with E-state index in [4.69, 9.17) is 23.2 Å². The van der Waals surface area contributed by atoms with E-state index in [1.807, 2.05) is 31.2 Å². The molecule has 0 saturated heterocycles. The second-order valence-corrected chi connectivity index (χ2v) is 9.59. The Bertz CT molecular complexity index is 1110. The van der Waals surface area contributed by atoms with Crippen LogP contribution in [-0.2, 0) is 21.4 Å². The summed E-state index contributed by atoms with van der Waals surface area (Å²) in [6.07, 6.45) is 0. The van der Waals surface area contributed by atoms with E-state index in [1.165, 1.54) is 12.1 Å². The van der Waals surface area contributed by atoms with Gasteiger partial charge < -0.3 is 5.32 Å². The number of benzene rings is 3.